The van der Waals surface area contributed by atoms with Crippen LogP contribution in [-0.2, 0) is 11.2 Å². The van der Waals surface area contributed by atoms with Gasteiger partial charge in [-0.2, -0.15) is 0 Å². The lowest BCUT2D eigenvalue weighted by molar-refractivity contribution is -0.116. The van der Waals surface area contributed by atoms with E-state index in [1.807, 2.05) is 31.2 Å². The van der Waals surface area contributed by atoms with Crippen LogP contribution in [0.2, 0.25) is 0 Å². The summed E-state index contributed by atoms with van der Waals surface area (Å²) in [4.78, 5) is 25.3. The number of amides is 2. The smallest absolute Gasteiger partial charge is 0.255 e. The van der Waals surface area contributed by atoms with Gasteiger partial charge < -0.3 is 29.6 Å². The van der Waals surface area contributed by atoms with Crippen molar-refractivity contribution < 1.29 is 28.5 Å². The number of hydrogen-bond acceptors (Lipinski definition) is 6. The van der Waals surface area contributed by atoms with Gasteiger partial charge >= 0.3 is 0 Å². The second-order valence-electron chi connectivity index (χ2n) is 7.82. The first-order chi connectivity index (χ1) is 16.9. The summed E-state index contributed by atoms with van der Waals surface area (Å²) >= 11 is 0. The van der Waals surface area contributed by atoms with Gasteiger partial charge in [-0.3, -0.25) is 9.59 Å². The quantitative estimate of drug-likeness (QED) is 0.432. The van der Waals surface area contributed by atoms with Crippen LogP contribution < -0.4 is 29.6 Å². The molecule has 0 radical (unpaired) electrons. The minimum atomic E-state index is -0.266. The molecule has 0 aliphatic rings. The van der Waals surface area contributed by atoms with E-state index in [9.17, 15) is 9.59 Å². The van der Waals surface area contributed by atoms with Crippen LogP contribution in [-0.4, -0.2) is 40.3 Å². The Morgan fingerprint density at radius 2 is 1.46 bits per heavy atom. The SMILES string of the molecule is COc1ccc(NC(=O)CCc2cc(OC)c(OC)c(OC)c2)cc1NC(=O)c1cccc(C)c1. The Bertz CT molecular complexity index is 1180. The summed E-state index contributed by atoms with van der Waals surface area (Å²) in [6.07, 6.45) is 0.700. The van der Waals surface area contributed by atoms with E-state index in [0.717, 1.165) is 11.1 Å². The minimum Gasteiger partial charge on any atom is -0.495 e. The van der Waals surface area contributed by atoms with Crippen molar-refractivity contribution in [2.24, 2.45) is 0 Å². The van der Waals surface area contributed by atoms with Gasteiger partial charge in [-0.25, -0.2) is 0 Å². The number of carbonyl (C=O) groups is 2. The second-order valence-corrected chi connectivity index (χ2v) is 7.82. The van der Waals surface area contributed by atoms with E-state index in [2.05, 4.69) is 10.6 Å². The molecule has 184 valence electrons. The van der Waals surface area contributed by atoms with E-state index in [-0.39, 0.29) is 18.2 Å². The van der Waals surface area contributed by atoms with Gasteiger partial charge in [0, 0.05) is 17.7 Å². The maximum absolute atomic E-state index is 12.7. The van der Waals surface area contributed by atoms with Gasteiger partial charge in [0.25, 0.3) is 5.91 Å². The Balaban J connectivity index is 1.69. The molecule has 0 fully saturated rings. The molecule has 3 rings (SSSR count). The summed E-state index contributed by atoms with van der Waals surface area (Å²) in [6, 6.07) is 16.0. The zero-order valence-corrected chi connectivity index (χ0v) is 20.6. The second kappa shape index (κ2) is 11.8. The Hall–Kier alpha value is -4.20. The highest BCUT2D eigenvalue weighted by Crippen LogP contribution is 2.38. The van der Waals surface area contributed by atoms with Crippen LogP contribution in [0.5, 0.6) is 23.0 Å². The number of ether oxygens (including phenoxy) is 4. The first-order valence-electron chi connectivity index (χ1n) is 11.0. The van der Waals surface area contributed by atoms with Gasteiger partial charge in [0.15, 0.2) is 11.5 Å². The topological polar surface area (TPSA) is 95.1 Å². The van der Waals surface area contributed by atoms with Crippen molar-refractivity contribution in [1.82, 2.24) is 0 Å². The molecule has 2 amide bonds. The summed E-state index contributed by atoms with van der Waals surface area (Å²) in [7, 11) is 6.16. The fourth-order valence-electron chi connectivity index (χ4n) is 3.63. The third-order valence-electron chi connectivity index (χ3n) is 5.38. The Morgan fingerprint density at radius 3 is 2.06 bits per heavy atom. The minimum absolute atomic E-state index is 0.181. The predicted molar refractivity (Wildman–Crippen MR) is 135 cm³/mol. The van der Waals surface area contributed by atoms with Gasteiger partial charge in [-0.05, 0) is 61.4 Å². The molecule has 0 aromatic heterocycles. The zero-order chi connectivity index (χ0) is 25.4. The lowest BCUT2D eigenvalue weighted by Crippen LogP contribution is -2.15. The fraction of sp³-hybridized carbons (Fsp3) is 0.259. The summed E-state index contributed by atoms with van der Waals surface area (Å²) in [5.41, 5.74) is 3.39. The molecular formula is C27H30N2O6. The zero-order valence-electron chi connectivity index (χ0n) is 20.6. The molecule has 0 heterocycles. The molecule has 0 aliphatic heterocycles. The van der Waals surface area contributed by atoms with Crippen LogP contribution in [0.4, 0.5) is 11.4 Å². The summed E-state index contributed by atoms with van der Waals surface area (Å²) < 4.78 is 21.5. The lowest BCUT2D eigenvalue weighted by atomic mass is 10.1. The van der Waals surface area contributed by atoms with Crippen molar-refractivity contribution >= 4 is 23.2 Å². The number of nitrogens with one attached hydrogen (secondary N) is 2. The summed E-state index contributed by atoms with van der Waals surface area (Å²) in [5, 5.41) is 5.73. The van der Waals surface area contributed by atoms with Crippen molar-refractivity contribution in [3.63, 3.8) is 0 Å². The summed E-state index contributed by atoms with van der Waals surface area (Å²) in [5.74, 6) is 1.61. The van der Waals surface area contributed by atoms with Gasteiger partial charge in [0.1, 0.15) is 5.75 Å². The van der Waals surface area contributed by atoms with Crippen LogP contribution >= 0.6 is 0 Å². The molecule has 0 spiro atoms. The van der Waals surface area contributed by atoms with E-state index < -0.39 is 0 Å². The van der Waals surface area contributed by atoms with Crippen LogP contribution in [0.25, 0.3) is 0 Å². The van der Waals surface area contributed by atoms with Gasteiger partial charge in [0.05, 0.1) is 34.1 Å². The number of carbonyl (C=O) groups excluding carboxylic acids is 2. The molecule has 3 aromatic carbocycles. The Labute approximate surface area is 205 Å². The molecule has 8 nitrogen and oxygen atoms in total. The van der Waals surface area contributed by atoms with Crippen LogP contribution in [0, 0.1) is 6.92 Å². The number of benzene rings is 3. The normalized spacial score (nSPS) is 10.3. The van der Waals surface area contributed by atoms with Crippen LogP contribution in [0.1, 0.15) is 27.9 Å². The van der Waals surface area contributed by atoms with E-state index in [0.29, 0.717) is 46.4 Å². The van der Waals surface area contributed by atoms with E-state index in [1.54, 1.807) is 51.7 Å². The lowest BCUT2D eigenvalue weighted by Gasteiger charge is -2.14. The first kappa shape index (κ1) is 25.4. The van der Waals surface area contributed by atoms with Crippen molar-refractivity contribution in [3.8, 4) is 23.0 Å². The van der Waals surface area contributed by atoms with E-state index in [4.69, 9.17) is 18.9 Å². The third-order valence-corrected chi connectivity index (χ3v) is 5.38. The number of hydrogen-bond donors (Lipinski definition) is 2. The van der Waals surface area contributed by atoms with Crippen LogP contribution in [0.3, 0.4) is 0 Å². The van der Waals surface area contributed by atoms with E-state index >= 15 is 0 Å². The number of aryl methyl sites for hydroxylation is 2. The molecule has 2 N–H and O–H groups in total. The fourth-order valence-corrected chi connectivity index (χ4v) is 3.63. The maximum atomic E-state index is 12.7. The predicted octanol–water partition coefficient (Wildman–Crippen LogP) is 4.85. The van der Waals surface area contributed by atoms with Crippen molar-refractivity contribution in [2.45, 2.75) is 19.8 Å². The molecule has 35 heavy (non-hydrogen) atoms. The first-order valence-corrected chi connectivity index (χ1v) is 11.0. The van der Waals surface area contributed by atoms with Crippen molar-refractivity contribution in [1.29, 1.82) is 0 Å². The van der Waals surface area contributed by atoms with Gasteiger partial charge in [-0.15, -0.1) is 0 Å². The largest absolute Gasteiger partial charge is 0.495 e. The van der Waals surface area contributed by atoms with Crippen molar-refractivity contribution in [3.05, 3.63) is 71.3 Å². The molecule has 0 aliphatic carbocycles. The highest BCUT2D eigenvalue weighted by Gasteiger charge is 2.15. The van der Waals surface area contributed by atoms with Crippen LogP contribution in [0.15, 0.2) is 54.6 Å². The maximum Gasteiger partial charge on any atom is 0.255 e. The molecule has 0 saturated carbocycles. The van der Waals surface area contributed by atoms with E-state index in [1.165, 1.54) is 7.11 Å². The molecular weight excluding hydrogens is 448 g/mol. The number of rotatable bonds is 10. The third kappa shape index (κ3) is 6.44. The average Bonchev–Trinajstić information content (AvgIpc) is 2.86. The van der Waals surface area contributed by atoms with Gasteiger partial charge in [0.2, 0.25) is 11.7 Å². The molecule has 8 heteroatoms. The molecule has 0 unspecified atom stereocenters. The molecule has 0 saturated heterocycles. The monoisotopic (exact) mass is 478 g/mol. The highest BCUT2D eigenvalue weighted by atomic mass is 16.5. The molecule has 3 aromatic rings. The average molecular weight is 479 g/mol. The standard InChI is InChI=1S/C27H30N2O6/c1-17-7-6-8-19(13-17)27(31)29-21-16-20(10-11-22(21)32-2)28-25(30)12-9-18-14-23(33-3)26(35-5)24(15-18)34-4/h6-8,10-11,13-16H,9,12H2,1-5H3,(H,28,30)(H,29,31). The Kier molecular flexibility index (Phi) is 8.56. The molecule has 0 atom stereocenters. The van der Waals surface area contributed by atoms with Crippen molar-refractivity contribution in [2.75, 3.05) is 39.1 Å². The Morgan fingerprint density at radius 1 is 0.771 bits per heavy atom. The van der Waals surface area contributed by atoms with Gasteiger partial charge in [-0.1, -0.05) is 17.7 Å². The summed E-state index contributed by atoms with van der Waals surface area (Å²) in [6.45, 7) is 1.92. The highest BCUT2D eigenvalue weighted by molar-refractivity contribution is 6.05. The molecule has 0 bridgehead atoms. The number of methoxy groups -OCH3 is 4. The number of anilines is 2.